The standard InChI is InChI=1S/C19H24N4O3S/c20-27(25,26)18-7-5-14(6-8-18)9-10-22-19(24)15-11-17(13-21-12-15)23-16-3-1-2-4-16/h5-8,11-13,16,23H,1-4,9-10H2,(H,22,24)(H2,20,25,26). The van der Waals surface area contributed by atoms with Crippen molar-refractivity contribution in [3.8, 4) is 0 Å². The smallest absolute Gasteiger partial charge is 0.252 e. The fourth-order valence-corrected chi connectivity index (χ4v) is 3.73. The van der Waals surface area contributed by atoms with Gasteiger partial charge in [-0.3, -0.25) is 9.78 Å². The molecule has 2 aromatic rings. The Labute approximate surface area is 159 Å². The van der Waals surface area contributed by atoms with E-state index in [-0.39, 0.29) is 10.8 Å². The first-order valence-electron chi connectivity index (χ1n) is 9.03. The van der Waals surface area contributed by atoms with Crippen molar-refractivity contribution in [3.63, 3.8) is 0 Å². The molecule has 0 spiro atoms. The Morgan fingerprint density at radius 2 is 1.85 bits per heavy atom. The van der Waals surface area contributed by atoms with E-state index >= 15 is 0 Å². The number of pyridine rings is 1. The molecule has 0 aliphatic heterocycles. The minimum atomic E-state index is -3.69. The van der Waals surface area contributed by atoms with Crippen molar-refractivity contribution >= 4 is 21.6 Å². The molecule has 1 heterocycles. The van der Waals surface area contributed by atoms with Gasteiger partial charge < -0.3 is 10.6 Å². The highest BCUT2D eigenvalue weighted by Crippen LogP contribution is 2.22. The lowest BCUT2D eigenvalue weighted by molar-refractivity contribution is 0.0954. The van der Waals surface area contributed by atoms with Gasteiger partial charge in [-0.1, -0.05) is 25.0 Å². The second-order valence-corrected chi connectivity index (χ2v) is 8.34. The van der Waals surface area contributed by atoms with Crippen molar-refractivity contribution in [1.29, 1.82) is 0 Å². The third-order valence-corrected chi connectivity index (χ3v) is 5.61. The van der Waals surface area contributed by atoms with E-state index in [1.807, 2.05) is 6.07 Å². The molecule has 1 aromatic carbocycles. The number of primary sulfonamides is 1. The number of aromatic nitrogens is 1. The van der Waals surface area contributed by atoms with Gasteiger partial charge in [-0.05, 0) is 43.0 Å². The third-order valence-electron chi connectivity index (χ3n) is 4.68. The molecule has 144 valence electrons. The van der Waals surface area contributed by atoms with Crippen LogP contribution in [0.3, 0.4) is 0 Å². The predicted molar refractivity (Wildman–Crippen MR) is 104 cm³/mol. The molecule has 3 rings (SSSR count). The molecule has 0 radical (unpaired) electrons. The summed E-state index contributed by atoms with van der Waals surface area (Å²) in [4.78, 5) is 16.6. The summed E-state index contributed by atoms with van der Waals surface area (Å²) in [5.74, 6) is -0.182. The number of nitrogens with one attached hydrogen (secondary N) is 2. The van der Waals surface area contributed by atoms with E-state index in [0.717, 1.165) is 24.1 Å². The summed E-state index contributed by atoms with van der Waals surface area (Å²) in [5, 5.41) is 11.4. The second kappa shape index (κ2) is 8.49. The number of sulfonamides is 1. The van der Waals surface area contributed by atoms with Crippen molar-refractivity contribution in [1.82, 2.24) is 10.3 Å². The van der Waals surface area contributed by atoms with Gasteiger partial charge in [0.1, 0.15) is 0 Å². The average molecular weight is 388 g/mol. The van der Waals surface area contributed by atoms with Gasteiger partial charge in [0, 0.05) is 25.0 Å². The Hall–Kier alpha value is -2.45. The summed E-state index contributed by atoms with van der Waals surface area (Å²) in [5.41, 5.74) is 2.30. The number of nitrogens with two attached hydrogens (primary N) is 1. The van der Waals surface area contributed by atoms with Gasteiger partial charge in [0.15, 0.2) is 0 Å². The van der Waals surface area contributed by atoms with Gasteiger partial charge in [0.25, 0.3) is 5.91 Å². The van der Waals surface area contributed by atoms with Crippen LogP contribution in [0.25, 0.3) is 0 Å². The molecule has 0 saturated heterocycles. The van der Waals surface area contributed by atoms with E-state index in [1.165, 1.54) is 25.0 Å². The van der Waals surface area contributed by atoms with Crippen LogP contribution in [-0.2, 0) is 16.4 Å². The van der Waals surface area contributed by atoms with Crippen molar-refractivity contribution in [3.05, 3.63) is 53.9 Å². The summed E-state index contributed by atoms with van der Waals surface area (Å²) in [6.07, 6.45) is 8.66. The van der Waals surface area contributed by atoms with Gasteiger partial charge in [0.05, 0.1) is 16.1 Å². The monoisotopic (exact) mass is 388 g/mol. The largest absolute Gasteiger partial charge is 0.381 e. The summed E-state index contributed by atoms with van der Waals surface area (Å²) >= 11 is 0. The number of anilines is 1. The fraction of sp³-hybridized carbons (Fsp3) is 0.368. The Kier molecular flexibility index (Phi) is 6.08. The molecule has 1 saturated carbocycles. The number of rotatable bonds is 7. The van der Waals surface area contributed by atoms with Crippen LogP contribution in [0, 0.1) is 0 Å². The van der Waals surface area contributed by atoms with Crippen molar-refractivity contribution in [2.75, 3.05) is 11.9 Å². The second-order valence-electron chi connectivity index (χ2n) is 6.78. The van der Waals surface area contributed by atoms with E-state index < -0.39 is 10.0 Å². The van der Waals surface area contributed by atoms with Gasteiger partial charge in [-0.25, -0.2) is 13.6 Å². The maximum atomic E-state index is 12.3. The Balaban J connectivity index is 1.51. The van der Waals surface area contributed by atoms with Crippen molar-refractivity contribution < 1.29 is 13.2 Å². The van der Waals surface area contributed by atoms with Gasteiger partial charge >= 0.3 is 0 Å². The first kappa shape index (κ1) is 19.3. The summed E-state index contributed by atoms with van der Waals surface area (Å²) in [7, 11) is -3.69. The van der Waals surface area contributed by atoms with Crippen LogP contribution in [0.4, 0.5) is 5.69 Å². The first-order valence-corrected chi connectivity index (χ1v) is 10.6. The van der Waals surface area contributed by atoms with E-state index in [4.69, 9.17) is 5.14 Å². The van der Waals surface area contributed by atoms with Crippen molar-refractivity contribution in [2.45, 2.75) is 43.0 Å². The minimum Gasteiger partial charge on any atom is -0.381 e. The zero-order valence-corrected chi connectivity index (χ0v) is 15.8. The van der Waals surface area contributed by atoms with Gasteiger partial charge in [0.2, 0.25) is 10.0 Å². The van der Waals surface area contributed by atoms with E-state index in [2.05, 4.69) is 15.6 Å². The number of benzene rings is 1. The van der Waals surface area contributed by atoms with E-state index in [0.29, 0.717) is 24.6 Å². The molecule has 1 fully saturated rings. The highest BCUT2D eigenvalue weighted by Gasteiger charge is 2.15. The number of carbonyl (C=O) groups is 1. The first-order chi connectivity index (χ1) is 12.9. The molecule has 1 amide bonds. The Morgan fingerprint density at radius 1 is 1.15 bits per heavy atom. The average Bonchev–Trinajstić information content (AvgIpc) is 3.14. The quantitative estimate of drug-likeness (QED) is 0.672. The number of amides is 1. The zero-order chi connectivity index (χ0) is 19.3. The number of hydrogen-bond acceptors (Lipinski definition) is 5. The molecule has 1 aliphatic carbocycles. The predicted octanol–water partition coefficient (Wildman–Crippen LogP) is 2.06. The van der Waals surface area contributed by atoms with Crippen LogP contribution in [-0.4, -0.2) is 31.9 Å². The molecule has 8 heteroatoms. The molecule has 27 heavy (non-hydrogen) atoms. The molecule has 1 aromatic heterocycles. The molecule has 1 aliphatic rings. The molecule has 4 N–H and O–H groups in total. The molecule has 7 nitrogen and oxygen atoms in total. The molecule has 0 bridgehead atoms. The zero-order valence-electron chi connectivity index (χ0n) is 15.0. The highest BCUT2D eigenvalue weighted by atomic mass is 32.2. The normalized spacial score (nSPS) is 14.9. The Morgan fingerprint density at radius 3 is 2.52 bits per heavy atom. The number of hydrogen-bond donors (Lipinski definition) is 3. The van der Waals surface area contributed by atoms with Gasteiger partial charge in [-0.15, -0.1) is 0 Å². The summed E-state index contributed by atoms with van der Waals surface area (Å²) in [6, 6.07) is 8.61. The fourth-order valence-electron chi connectivity index (χ4n) is 3.22. The summed E-state index contributed by atoms with van der Waals surface area (Å²) in [6.45, 7) is 0.438. The summed E-state index contributed by atoms with van der Waals surface area (Å²) < 4.78 is 22.5. The van der Waals surface area contributed by atoms with E-state index in [1.54, 1.807) is 24.5 Å². The lowest BCUT2D eigenvalue weighted by atomic mass is 10.1. The lowest BCUT2D eigenvalue weighted by Gasteiger charge is -2.13. The molecule has 0 atom stereocenters. The third kappa shape index (κ3) is 5.51. The lowest BCUT2D eigenvalue weighted by Crippen LogP contribution is -2.26. The van der Waals surface area contributed by atoms with Crippen LogP contribution in [0.5, 0.6) is 0 Å². The number of carbonyl (C=O) groups excluding carboxylic acids is 1. The van der Waals surface area contributed by atoms with E-state index in [9.17, 15) is 13.2 Å². The van der Waals surface area contributed by atoms with Crippen LogP contribution in [0.15, 0.2) is 47.6 Å². The topological polar surface area (TPSA) is 114 Å². The maximum Gasteiger partial charge on any atom is 0.252 e. The SMILES string of the molecule is NS(=O)(=O)c1ccc(CCNC(=O)c2cncc(NC3CCCC3)c2)cc1. The maximum absolute atomic E-state index is 12.3. The van der Waals surface area contributed by atoms with Crippen LogP contribution in [0.1, 0.15) is 41.6 Å². The van der Waals surface area contributed by atoms with Crippen LogP contribution < -0.4 is 15.8 Å². The van der Waals surface area contributed by atoms with Crippen molar-refractivity contribution in [2.24, 2.45) is 5.14 Å². The molecular formula is C19H24N4O3S. The van der Waals surface area contributed by atoms with Crippen LogP contribution >= 0.6 is 0 Å². The minimum absolute atomic E-state index is 0.0768. The number of nitrogens with zero attached hydrogens (tertiary/aromatic N) is 1. The highest BCUT2D eigenvalue weighted by molar-refractivity contribution is 7.89. The van der Waals surface area contributed by atoms with Crippen LogP contribution in [0.2, 0.25) is 0 Å². The molecular weight excluding hydrogens is 364 g/mol. The molecule has 0 unspecified atom stereocenters. The Bertz CT molecular complexity index is 891. The van der Waals surface area contributed by atoms with Gasteiger partial charge in [-0.2, -0.15) is 0 Å².